The number of thioether (sulfide) groups is 1. The van der Waals surface area contributed by atoms with Crippen LogP contribution < -0.4 is 0 Å². The number of carbonyl (C=O) groups is 1. The third kappa shape index (κ3) is 5.14. The van der Waals surface area contributed by atoms with Gasteiger partial charge in [-0.3, -0.25) is 4.98 Å². The van der Waals surface area contributed by atoms with Crippen molar-refractivity contribution in [2.45, 2.75) is 30.6 Å². The molecule has 0 aliphatic heterocycles. The molecule has 0 spiro atoms. The van der Waals surface area contributed by atoms with Gasteiger partial charge in [-0.1, -0.05) is 60.3 Å². The predicted octanol–water partition coefficient (Wildman–Crippen LogP) is 4.92. The molecule has 2 heterocycles. The number of pyridine rings is 1. The van der Waals surface area contributed by atoms with Crippen LogP contribution in [0.15, 0.2) is 59.8 Å². The Balaban J connectivity index is 1.82. The van der Waals surface area contributed by atoms with Crippen molar-refractivity contribution in [3.8, 4) is 11.1 Å². The van der Waals surface area contributed by atoms with Crippen LogP contribution in [0.3, 0.4) is 0 Å². The summed E-state index contributed by atoms with van der Waals surface area (Å²) in [6.07, 6.45) is -4.47. The maximum atomic E-state index is 13.1. The second-order valence-corrected chi connectivity index (χ2v) is 7.88. The number of benzene rings is 2. The lowest BCUT2D eigenvalue weighted by atomic mass is 9.94. The van der Waals surface area contributed by atoms with Crippen LogP contribution in [0.2, 0.25) is 0 Å². The number of hydrogen-bond acceptors (Lipinski definition) is 7. The molecule has 0 N–H and O–H groups in total. The summed E-state index contributed by atoms with van der Waals surface area (Å²) in [4.78, 5) is 17.7. The van der Waals surface area contributed by atoms with Crippen LogP contribution in [0, 0.1) is 0 Å². The van der Waals surface area contributed by atoms with Crippen LogP contribution in [-0.4, -0.2) is 43.9 Å². The summed E-state index contributed by atoms with van der Waals surface area (Å²) in [5, 5.41) is 11.2. The number of para-hydroxylation sites is 1. The molecule has 0 radical (unpaired) electrons. The molecule has 170 valence electrons. The molecular formula is C22H18F3N5O2S. The zero-order valence-corrected chi connectivity index (χ0v) is 18.2. The number of carbonyl (C=O) groups excluding carboxylic acids is 1. The van der Waals surface area contributed by atoms with Gasteiger partial charge in [0, 0.05) is 16.7 Å². The minimum atomic E-state index is -4.47. The molecule has 4 rings (SSSR count). The van der Waals surface area contributed by atoms with Crippen molar-refractivity contribution in [2.75, 3.05) is 6.61 Å². The number of rotatable bonds is 7. The standard InChI is InChI=1S/C22H18F3N5O2S/c1-2-32-20(31)19-17(12-33-21-27-28-29-30(21)13-22(23,24)25)26-16-11-7-6-10-15(16)18(19)14-8-4-3-5-9-14/h3-11H,2,12-13H2,1H3. The van der Waals surface area contributed by atoms with E-state index < -0.39 is 18.7 Å². The Morgan fingerprint density at radius 3 is 2.55 bits per heavy atom. The maximum absolute atomic E-state index is 13.1. The normalized spacial score (nSPS) is 11.6. The zero-order chi connectivity index (χ0) is 23.4. The van der Waals surface area contributed by atoms with E-state index in [2.05, 4.69) is 20.5 Å². The van der Waals surface area contributed by atoms with Gasteiger partial charge in [-0.2, -0.15) is 13.2 Å². The number of tetrazole rings is 1. The summed E-state index contributed by atoms with van der Waals surface area (Å²) in [7, 11) is 0. The van der Waals surface area contributed by atoms with Gasteiger partial charge in [-0.15, -0.1) is 5.10 Å². The van der Waals surface area contributed by atoms with Gasteiger partial charge in [0.1, 0.15) is 6.54 Å². The smallest absolute Gasteiger partial charge is 0.408 e. The number of nitrogens with zero attached hydrogens (tertiary/aromatic N) is 5. The van der Waals surface area contributed by atoms with Gasteiger partial charge in [0.25, 0.3) is 0 Å². The van der Waals surface area contributed by atoms with E-state index in [-0.39, 0.29) is 23.1 Å². The van der Waals surface area contributed by atoms with E-state index in [1.165, 1.54) is 0 Å². The summed E-state index contributed by atoms with van der Waals surface area (Å²) in [6.45, 7) is 0.554. The van der Waals surface area contributed by atoms with Gasteiger partial charge in [-0.05, 0) is 29.0 Å². The van der Waals surface area contributed by atoms with Gasteiger partial charge in [0.05, 0.1) is 23.4 Å². The minimum absolute atomic E-state index is 0.0293. The molecule has 0 saturated heterocycles. The van der Waals surface area contributed by atoms with Crippen molar-refractivity contribution >= 4 is 28.6 Å². The summed E-state index contributed by atoms with van der Waals surface area (Å²) in [5.41, 5.74) is 2.74. The molecule has 2 aromatic heterocycles. The lowest BCUT2D eigenvalue weighted by molar-refractivity contribution is -0.144. The van der Waals surface area contributed by atoms with E-state index in [9.17, 15) is 18.0 Å². The highest BCUT2D eigenvalue weighted by atomic mass is 32.2. The van der Waals surface area contributed by atoms with Gasteiger partial charge in [0.2, 0.25) is 5.16 Å². The first kappa shape index (κ1) is 22.7. The SMILES string of the molecule is CCOC(=O)c1c(CSc2nnnn2CC(F)(F)F)nc2ccccc2c1-c1ccccc1. The summed E-state index contributed by atoms with van der Waals surface area (Å²) >= 11 is 0.966. The highest BCUT2D eigenvalue weighted by Gasteiger charge is 2.30. The van der Waals surface area contributed by atoms with Crippen LogP contribution in [0.4, 0.5) is 13.2 Å². The maximum Gasteiger partial charge on any atom is 0.408 e. The minimum Gasteiger partial charge on any atom is -0.462 e. The highest BCUT2D eigenvalue weighted by molar-refractivity contribution is 7.98. The van der Waals surface area contributed by atoms with Crippen molar-refractivity contribution < 1.29 is 22.7 Å². The molecule has 0 atom stereocenters. The van der Waals surface area contributed by atoms with E-state index in [4.69, 9.17) is 4.74 Å². The fourth-order valence-corrected chi connectivity index (χ4v) is 4.22. The largest absolute Gasteiger partial charge is 0.462 e. The van der Waals surface area contributed by atoms with Crippen molar-refractivity contribution in [1.29, 1.82) is 0 Å². The number of hydrogen-bond donors (Lipinski definition) is 0. The summed E-state index contributed by atoms with van der Waals surface area (Å²) in [5.74, 6) is -0.489. The average molecular weight is 473 g/mol. The van der Waals surface area contributed by atoms with Gasteiger partial charge < -0.3 is 4.74 Å². The lowest BCUT2D eigenvalue weighted by Crippen LogP contribution is -2.19. The zero-order valence-electron chi connectivity index (χ0n) is 17.4. The fraction of sp³-hybridized carbons (Fsp3) is 0.227. The molecule has 0 amide bonds. The topological polar surface area (TPSA) is 82.8 Å². The number of esters is 1. The van der Waals surface area contributed by atoms with Crippen LogP contribution in [0.5, 0.6) is 0 Å². The van der Waals surface area contributed by atoms with Gasteiger partial charge >= 0.3 is 12.1 Å². The number of halogens is 3. The Morgan fingerprint density at radius 1 is 1.09 bits per heavy atom. The van der Waals surface area contributed by atoms with Crippen molar-refractivity contribution in [2.24, 2.45) is 0 Å². The van der Waals surface area contributed by atoms with Crippen LogP contribution in [0.1, 0.15) is 23.0 Å². The second kappa shape index (κ2) is 9.57. The molecule has 0 aliphatic carbocycles. The number of fused-ring (bicyclic) bond motifs is 1. The van der Waals surface area contributed by atoms with E-state index >= 15 is 0 Å². The molecular weight excluding hydrogens is 455 g/mol. The quantitative estimate of drug-likeness (QED) is 0.278. The van der Waals surface area contributed by atoms with E-state index in [1.54, 1.807) is 6.92 Å². The van der Waals surface area contributed by atoms with Gasteiger partial charge in [-0.25, -0.2) is 9.48 Å². The Labute approximate surface area is 191 Å². The Morgan fingerprint density at radius 2 is 1.82 bits per heavy atom. The van der Waals surface area contributed by atoms with Crippen molar-refractivity contribution in [1.82, 2.24) is 25.2 Å². The van der Waals surface area contributed by atoms with Crippen molar-refractivity contribution in [3.05, 3.63) is 65.9 Å². The van der Waals surface area contributed by atoms with E-state index in [1.807, 2.05) is 54.6 Å². The number of ether oxygens (including phenoxy) is 1. The van der Waals surface area contributed by atoms with Crippen LogP contribution in [0.25, 0.3) is 22.0 Å². The molecule has 2 aromatic carbocycles. The number of alkyl halides is 3. The summed E-state index contributed by atoms with van der Waals surface area (Å²) in [6, 6.07) is 16.7. The Hall–Kier alpha value is -3.47. The van der Waals surface area contributed by atoms with Crippen LogP contribution >= 0.6 is 11.8 Å². The Bertz CT molecular complexity index is 1280. The monoisotopic (exact) mass is 473 g/mol. The first-order valence-corrected chi connectivity index (χ1v) is 11.0. The predicted molar refractivity (Wildman–Crippen MR) is 117 cm³/mol. The average Bonchev–Trinajstić information content (AvgIpc) is 3.22. The molecule has 11 heteroatoms. The molecule has 0 fully saturated rings. The molecule has 33 heavy (non-hydrogen) atoms. The summed E-state index contributed by atoms with van der Waals surface area (Å²) < 4.78 is 44.5. The molecule has 7 nitrogen and oxygen atoms in total. The van der Waals surface area contributed by atoms with Crippen LogP contribution in [-0.2, 0) is 17.0 Å². The lowest BCUT2D eigenvalue weighted by Gasteiger charge is -2.16. The van der Waals surface area contributed by atoms with Gasteiger partial charge in [0.15, 0.2) is 0 Å². The fourth-order valence-electron chi connectivity index (χ4n) is 3.40. The number of aromatic nitrogens is 5. The third-order valence-electron chi connectivity index (χ3n) is 4.68. The highest BCUT2D eigenvalue weighted by Crippen LogP contribution is 2.35. The van der Waals surface area contributed by atoms with Crippen molar-refractivity contribution in [3.63, 3.8) is 0 Å². The molecule has 0 bridgehead atoms. The third-order valence-corrected chi connectivity index (χ3v) is 5.64. The van der Waals surface area contributed by atoms with E-state index in [0.717, 1.165) is 22.7 Å². The Kier molecular flexibility index (Phi) is 6.59. The molecule has 4 aromatic rings. The van der Waals surface area contributed by atoms with E-state index in [0.29, 0.717) is 21.5 Å². The molecule has 0 aliphatic rings. The molecule has 0 unspecified atom stereocenters. The first-order chi connectivity index (χ1) is 15.9. The first-order valence-electron chi connectivity index (χ1n) is 9.97. The second-order valence-electron chi connectivity index (χ2n) is 6.94. The molecule has 0 saturated carbocycles.